The molecule has 0 spiro atoms. The van der Waals surface area contributed by atoms with E-state index in [2.05, 4.69) is 11.8 Å². The number of carbonyl (C=O) groups is 1. The molecule has 3 fully saturated rings. The predicted molar refractivity (Wildman–Crippen MR) is 137 cm³/mol. The van der Waals surface area contributed by atoms with Crippen molar-refractivity contribution in [2.24, 2.45) is 0 Å². The molecule has 0 N–H and O–H groups in total. The first kappa shape index (κ1) is 28.3. The van der Waals surface area contributed by atoms with E-state index in [-0.39, 0.29) is 0 Å². The Kier molecular flexibility index (Phi) is 16.3. The first-order chi connectivity index (χ1) is 15.7. The molecule has 3 rings (SSSR count). The molecule has 0 aromatic carbocycles. The summed E-state index contributed by atoms with van der Waals surface area (Å²) in [5.74, 6) is 0.855. The fraction of sp³-hybridized carbons (Fsp3) is 0.960. The standard InChI is InChI=1S/C25H49NO4SSi/c1-2-3-4-5-6-7-8-9-10-11-12-13-14-16-25(27)31-23-15-24-32-28-20-17-26(18-21-29-32)19-22-30-32/h2-24H2,1H3. The van der Waals surface area contributed by atoms with Crippen molar-refractivity contribution in [2.45, 2.75) is 109 Å². The van der Waals surface area contributed by atoms with Gasteiger partial charge in [-0.1, -0.05) is 95.7 Å². The average molecular weight is 488 g/mol. The zero-order chi connectivity index (χ0) is 22.7. The number of carbonyl (C=O) groups excluding carboxylic acids is 1. The molecule has 7 heteroatoms. The van der Waals surface area contributed by atoms with E-state index in [0.717, 1.165) is 50.7 Å². The summed E-state index contributed by atoms with van der Waals surface area (Å²) in [5, 5.41) is 0.348. The summed E-state index contributed by atoms with van der Waals surface area (Å²) < 4.78 is 18.2. The van der Waals surface area contributed by atoms with Crippen molar-refractivity contribution in [3.05, 3.63) is 0 Å². The normalized spacial score (nSPS) is 23.6. The van der Waals surface area contributed by atoms with Crippen LogP contribution < -0.4 is 0 Å². The maximum atomic E-state index is 12.2. The van der Waals surface area contributed by atoms with Crippen LogP contribution in [0.3, 0.4) is 0 Å². The van der Waals surface area contributed by atoms with Crippen molar-refractivity contribution in [3.63, 3.8) is 0 Å². The molecule has 0 unspecified atom stereocenters. The molecular formula is C25H49NO4SSi. The van der Waals surface area contributed by atoms with Crippen molar-refractivity contribution in [1.82, 2.24) is 4.90 Å². The number of hydrogen-bond donors (Lipinski definition) is 0. The average Bonchev–Trinajstić information content (AvgIpc) is 2.74. The van der Waals surface area contributed by atoms with Crippen LogP contribution in [-0.2, 0) is 18.1 Å². The molecular weight excluding hydrogens is 438 g/mol. The van der Waals surface area contributed by atoms with Gasteiger partial charge in [0, 0.05) is 37.9 Å². The Bertz CT molecular complexity index is 456. The summed E-state index contributed by atoms with van der Waals surface area (Å²) in [6.07, 6.45) is 19.1. The maximum Gasteiger partial charge on any atom is 0.501 e. The van der Waals surface area contributed by atoms with Crippen LogP contribution in [-0.4, -0.2) is 64.0 Å². The summed E-state index contributed by atoms with van der Waals surface area (Å²) >= 11 is 1.49. The second-order valence-electron chi connectivity index (χ2n) is 9.39. The fourth-order valence-corrected chi connectivity index (χ4v) is 8.06. The lowest BCUT2D eigenvalue weighted by Gasteiger charge is -2.38. The molecule has 3 aliphatic heterocycles. The van der Waals surface area contributed by atoms with Crippen LogP contribution in [0.15, 0.2) is 0 Å². The third kappa shape index (κ3) is 13.1. The Morgan fingerprint density at radius 3 is 1.69 bits per heavy atom. The number of hydrogen-bond acceptors (Lipinski definition) is 6. The molecule has 0 aliphatic carbocycles. The van der Waals surface area contributed by atoms with Crippen LogP contribution in [0.1, 0.15) is 103 Å². The minimum Gasteiger partial charge on any atom is -0.372 e. The quantitative estimate of drug-likeness (QED) is 0.164. The number of nitrogens with zero attached hydrogens (tertiary/aromatic N) is 1. The summed E-state index contributed by atoms with van der Waals surface area (Å²) in [4.78, 5) is 14.5. The van der Waals surface area contributed by atoms with E-state index >= 15 is 0 Å². The smallest absolute Gasteiger partial charge is 0.372 e. The van der Waals surface area contributed by atoms with Crippen LogP contribution in [0.2, 0.25) is 6.04 Å². The third-order valence-electron chi connectivity index (χ3n) is 6.56. The van der Waals surface area contributed by atoms with Crippen LogP contribution in [0.4, 0.5) is 0 Å². The number of unbranched alkanes of at least 4 members (excludes halogenated alkanes) is 12. The van der Waals surface area contributed by atoms with Crippen molar-refractivity contribution >= 4 is 25.7 Å². The van der Waals surface area contributed by atoms with E-state index in [1.165, 1.54) is 88.8 Å². The maximum absolute atomic E-state index is 12.2. The van der Waals surface area contributed by atoms with Gasteiger partial charge in [0.25, 0.3) is 0 Å². The highest BCUT2D eigenvalue weighted by molar-refractivity contribution is 8.13. The van der Waals surface area contributed by atoms with Gasteiger partial charge in [0.05, 0.1) is 19.8 Å². The lowest BCUT2D eigenvalue weighted by Crippen LogP contribution is -2.55. The van der Waals surface area contributed by atoms with E-state index in [1.807, 2.05) is 0 Å². The Balaban J connectivity index is 1.38. The molecule has 5 nitrogen and oxygen atoms in total. The highest BCUT2D eigenvalue weighted by Crippen LogP contribution is 2.23. The fourth-order valence-electron chi connectivity index (χ4n) is 4.50. The molecule has 0 atom stereocenters. The second kappa shape index (κ2) is 18.4. The molecule has 32 heavy (non-hydrogen) atoms. The topological polar surface area (TPSA) is 48.0 Å². The van der Waals surface area contributed by atoms with Crippen LogP contribution in [0.5, 0.6) is 0 Å². The third-order valence-corrected chi connectivity index (χ3v) is 10.5. The van der Waals surface area contributed by atoms with Gasteiger partial charge in [-0.2, -0.15) is 0 Å². The molecule has 3 aliphatic rings. The first-order valence-electron chi connectivity index (χ1n) is 13.5. The Morgan fingerprint density at radius 1 is 0.719 bits per heavy atom. The molecule has 0 radical (unpaired) electrons. The SMILES string of the molecule is CCCCCCCCCCCCCCCC(=O)SCCC[Si]12OCCN(CCO1)CCO2. The van der Waals surface area contributed by atoms with Crippen molar-refractivity contribution in [1.29, 1.82) is 0 Å². The molecule has 2 bridgehead atoms. The molecule has 188 valence electrons. The van der Waals surface area contributed by atoms with Crippen LogP contribution in [0.25, 0.3) is 0 Å². The molecule has 3 saturated heterocycles. The van der Waals surface area contributed by atoms with Gasteiger partial charge < -0.3 is 13.3 Å². The van der Waals surface area contributed by atoms with E-state index < -0.39 is 8.80 Å². The van der Waals surface area contributed by atoms with E-state index in [9.17, 15) is 4.79 Å². The largest absolute Gasteiger partial charge is 0.501 e. The van der Waals surface area contributed by atoms with Crippen molar-refractivity contribution in [3.8, 4) is 0 Å². The molecule has 0 aromatic heterocycles. The van der Waals surface area contributed by atoms with Gasteiger partial charge in [0.15, 0.2) is 5.12 Å². The highest BCUT2D eigenvalue weighted by atomic mass is 32.2. The van der Waals surface area contributed by atoms with Crippen molar-refractivity contribution in [2.75, 3.05) is 45.2 Å². The monoisotopic (exact) mass is 487 g/mol. The van der Waals surface area contributed by atoms with E-state index in [4.69, 9.17) is 13.3 Å². The summed E-state index contributed by atoms with van der Waals surface area (Å²) in [7, 11) is -2.51. The van der Waals surface area contributed by atoms with E-state index in [0.29, 0.717) is 24.9 Å². The predicted octanol–water partition coefficient (Wildman–Crippen LogP) is 6.44. The molecule has 0 aromatic rings. The first-order valence-corrected chi connectivity index (χ1v) is 16.5. The Labute approximate surface area is 203 Å². The van der Waals surface area contributed by atoms with Gasteiger partial charge in [-0.15, -0.1) is 0 Å². The molecule has 0 amide bonds. The van der Waals surface area contributed by atoms with Gasteiger partial charge in [-0.05, 0) is 12.8 Å². The zero-order valence-corrected chi connectivity index (χ0v) is 22.6. The molecule has 0 saturated carbocycles. The summed E-state index contributed by atoms with van der Waals surface area (Å²) in [6.45, 7) is 7.34. The van der Waals surface area contributed by atoms with Gasteiger partial charge >= 0.3 is 8.80 Å². The van der Waals surface area contributed by atoms with Crippen LogP contribution >= 0.6 is 11.8 Å². The van der Waals surface area contributed by atoms with Gasteiger partial charge in [-0.3, -0.25) is 9.69 Å². The minimum atomic E-state index is -2.51. The Hall–Kier alpha value is 0.0769. The zero-order valence-electron chi connectivity index (χ0n) is 20.8. The summed E-state index contributed by atoms with van der Waals surface area (Å²) in [6, 6.07) is 0.839. The van der Waals surface area contributed by atoms with Crippen molar-refractivity contribution < 1.29 is 18.1 Å². The summed E-state index contributed by atoms with van der Waals surface area (Å²) in [5.41, 5.74) is 0. The van der Waals surface area contributed by atoms with Gasteiger partial charge in [0.1, 0.15) is 0 Å². The minimum absolute atomic E-state index is 0.348. The van der Waals surface area contributed by atoms with Crippen LogP contribution in [0, 0.1) is 0 Å². The molecule has 3 heterocycles. The lowest BCUT2D eigenvalue weighted by atomic mass is 10.0. The van der Waals surface area contributed by atoms with Gasteiger partial charge in [-0.25, -0.2) is 0 Å². The number of thioether (sulfide) groups is 1. The Morgan fingerprint density at radius 2 is 1.19 bits per heavy atom. The number of rotatable bonds is 18. The number of fused-ring (bicyclic) bond motifs is 6. The van der Waals surface area contributed by atoms with Gasteiger partial charge in [0.2, 0.25) is 0 Å². The lowest BCUT2D eigenvalue weighted by molar-refractivity contribution is -0.111. The second-order valence-corrected chi connectivity index (χ2v) is 13.3. The highest BCUT2D eigenvalue weighted by Gasteiger charge is 2.43. The van der Waals surface area contributed by atoms with E-state index in [1.54, 1.807) is 0 Å².